The van der Waals surface area contributed by atoms with Gasteiger partial charge in [0.2, 0.25) is 5.91 Å². The summed E-state index contributed by atoms with van der Waals surface area (Å²) < 4.78 is 6.87. The number of fused-ring (bicyclic) bond motifs is 3. The average Bonchev–Trinajstić information content (AvgIpc) is 3.04. The Bertz CT molecular complexity index is 904. The molecule has 1 N–H and O–H groups in total. The first-order valence-corrected chi connectivity index (χ1v) is 11.7. The summed E-state index contributed by atoms with van der Waals surface area (Å²) in [5, 5.41) is 4.38. The molecular weight excluding hydrogens is 394 g/mol. The van der Waals surface area contributed by atoms with E-state index >= 15 is 0 Å². The van der Waals surface area contributed by atoms with Crippen molar-refractivity contribution < 1.29 is 9.53 Å². The van der Waals surface area contributed by atoms with Crippen molar-refractivity contribution in [3.8, 4) is 0 Å². The molecule has 8 heteroatoms. The molecule has 6 nitrogen and oxygen atoms in total. The van der Waals surface area contributed by atoms with Crippen LogP contribution in [0.25, 0.3) is 10.2 Å². The van der Waals surface area contributed by atoms with Gasteiger partial charge in [-0.25, -0.2) is 4.98 Å². The van der Waals surface area contributed by atoms with Crippen molar-refractivity contribution in [2.45, 2.75) is 64.2 Å². The third-order valence-corrected chi connectivity index (χ3v) is 7.44. The van der Waals surface area contributed by atoms with Crippen molar-refractivity contribution in [2.75, 3.05) is 19.5 Å². The molecule has 0 radical (unpaired) electrons. The number of aromatic nitrogens is 2. The number of carbonyl (C=O) groups excluding carboxylic acids is 1. The Hall–Kier alpha value is -1.38. The van der Waals surface area contributed by atoms with E-state index in [1.54, 1.807) is 23.0 Å². The number of nitrogens with zero attached hydrogens (tertiary/aromatic N) is 2. The number of amides is 1. The van der Waals surface area contributed by atoms with E-state index in [1.165, 1.54) is 28.6 Å². The fourth-order valence-corrected chi connectivity index (χ4v) is 5.44. The van der Waals surface area contributed by atoms with Gasteiger partial charge in [-0.05, 0) is 44.1 Å². The van der Waals surface area contributed by atoms with Crippen molar-refractivity contribution in [2.24, 2.45) is 5.92 Å². The highest BCUT2D eigenvalue weighted by atomic mass is 32.2. The second-order valence-corrected chi connectivity index (χ2v) is 9.65. The van der Waals surface area contributed by atoms with Gasteiger partial charge in [-0.3, -0.25) is 14.2 Å². The molecule has 2 aromatic heterocycles. The summed E-state index contributed by atoms with van der Waals surface area (Å²) in [6, 6.07) is 0.114. The van der Waals surface area contributed by atoms with Crippen molar-refractivity contribution in [1.82, 2.24) is 14.9 Å². The van der Waals surface area contributed by atoms with Crippen LogP contribution in [-0.2, 0) is 28.9 Å². The summed E-state index contributed by atoms with van der Waals surface area (Å²) in [4.78, 5) is 32.5. The molecular formula is C20H29N3O3S2. The minimum atomic E-state index is -0.0377. The van der Waals surface area contributed by atoms with Crippen molar-refractivity contribution in [3.05, 3.63) is 20.8 Å². The number of thioether (sulfide) groups is 1. The van der Waals surface area contributed by atoms with E-state index in [-0.39, 0.29) is 23.3 Å². The third-order valence-electron chi connectivity index (χ3n) is 5.28. The number of hydrogen-bond acceptors (Lipinski definition) is 6. The second kappa shape index (κ2) is 9.41. The Morgan fingerprint density at radius 2 is 2.07 bits per heavy atom. The van der Waals surface area contributed by atoms with Crippen LogP contribution in [0.2, 0.25) is 0 Å². The number of methoxy groups -OCH3 is 1. The maximum Gasteiger partial charge on any atom is 0.263 e. The van der Waals surface area contributed by atoms with Gasteiger partial charge in [-0.15, -0.1) is 11.3 Å². The van der Waals surface area contributed by atoms with Crippen LogP contribution in [0.5, 0.6) is 0 Å². The van der Waals surface area contributed by atoms with Crippen LogP contribution >= 0.6 is 23.1 Å². The summed E-state index contributed by atoms with van der Waals surface area (Å²) in [6.07, 6.45) is 4.29. The Labute approximate surface area is 174 Å². The van der Waals surface area contributed by atoms with Gasteiger partial charge in [0.1, 0.15) is 4.83 Å². The molecule has 2 heterocycles. The fourth-order valence-electron chi connectivity index (χ4n) is 3.30. The molecule has 0 unspecified atom stereocenters. The summed E-state index contributed by atoms with van der Waals surface area (Å²) in [5.74, 6) is 0.581. The van der Waals surface area contributed by atoms with Gasteiger partial charge in [0.15, 0.2) is 5.16 Å². The molecule has 0 aliphatic heterocycles. The lowest BCUT2D eigenvalue weighted by Gasteiger charge is -2.17. The van der Waals surface area contributed by atoms with Crippen LogP contribution in [0, 0.1) is 5.92 Å². The molecule has 0 bridgehead atoms. The highest BCUT2D eigenvalue weighted by Gasteiger charge is 2.22. The standard InChI is InChI=1S/C20H29N3O3S2/c1-12(2)13(3)21-16(24)11-27-20-22-18-17(19(25)23(20)9-10-26-4)14-7-5-6-8-15(14)28-18/h12-13H,5-11H2,1-4H3,(H,21,24)/t13-/m0/s1. The summed E-state index contributed by atoms with van der Waals surface area (Å²) >= 11 is 2.97. The highest BCUT2D eigenvalue weighted by molar-refractivity contribution is 7.99. The number of ether oxygens (including phenoxy) is 1. The second-order valence-electron chi connectivity index (χ2n) is 7.62. The van der Waals surface area contributed by atoms with Crippen molar-refractivity contribution in [1.29, 1.82) is 0 Å². The zero-order chi connectivity index (χ0) is 20.3. The number of thiophene rings is 1. The number of carbonyl (C=O) groups is 1. The molecule has 0 spiro atoms. The fraction of sp³-hybridized carbons (Fsp3) is 0.650. The number of nitrogens with one attached hydrogen (secondary N) is 1. The zero-order valence-corrected chi connectivity index (χ0v) is 18.7. The van der Waals surface area contributed by atoms with Crippen LogP contribution in [0.3, 0.4) is 0 Å². The van der Waals surface area contributed by atoms with Gasteiger partial charge < -0.3 is 10.1 Å². The van der Waals surface area contributed by atoms with Crippen molar-refractivity contribution in [3.63, 3.8) is 0 Å². The Morgan fingerprint density at radius 1 is 1.32 bits per heavy atom. The quantitative estimate of drug-likeness (QED) is 0.521. The first-order valence-electron chi connectivity index (χ1n) is 9.88. The SMILES string of the molecule is COCCn1c(SCC(=O)N[C@@H](C)C(C)C)nc2sc3c(c2c1=O)CCCC3. The normalized spacial score (nSPS) is 15.0. The number of hydrogen-bond donors (Lipinski definition) is 1. The zero-order valence-electron chi connectivity index (χ0n) is 17.0. The Kier molecular flexibility index (Phi) is 7.17. The highest BCUT2D eigenvalue weighted by Crippen LogP contribution is 2.34. The molecule has 1 aliphatic carbocycles. The molecule has 0 saturated heterocycles. The predicted molar refractivity (Wildman–Crippen MR) is 116 cm³/mol. The lowest BCUT2D eigenvalue weighted by atomic mass is 9.97. The van der Waals surface area contributed by atoms with E-state index in [0.29, 0.717) is 24.2 Å². The van der Waals surface area contributed by atoms with Crippen molar-refractivity contribution >= 4 is 39.2 Å². The average molecular weight is 424 g/mol. The summed E-state index contributed by atoms with van der Waals surface area (Å²) in [5.41, 5.74) is 1.19. The molecule has 0 fully saturated rings. The lowest BCUT2D eigenvalue weighted by Crippen LogP contribution is -2.37. The molecule has 1 atom stereocenters. The smallest absolute Gasteiger partial charge is 0.263 e. The van der Waals surface area contributed by atoms with Gasteiger partial charge in [0.25, 0.3) is 5.56 Å². The van der Waals surface area contributed by atoms with Crippen LogP contribution in [-0.4, -0.2) is 41.0 Å². The van der Waals surface area contributed by atoms with Gasteiger partial charge in [0.05, 0.1) is 24.3 Å². The molecule has 1 amide bonds. The maximum absolute atomic E-state index is 13.3. The van der Waals surface area contributed by atoms with Gasteiger partial charge in [-0.1, -0.05) is 25.6 Å². The largest absolute Gasteiger partial charge is 0.383 e. The number of rotatable bonds is 8. The third kappa shape index (κ3) is 4.60. The Balaban J connectivity index is 1.89. The molecule has 0 saturated carbocycles. The lowest BCUT2D eigenvalue weighted by molar-refractivity contribution is -0.119. The molecule has 1 aliphatic rings. The van der Waals surface area contributed by atoms with E-state index in [9.17, 15) is 9.59 Å². The maximum atomic E-state index is 13.3. The van der Waals surface area contributed by atoms with E-state index < -0.39 is 0 Å². The van der Waals surface area contributed by atoms with Crippen LogP contribution in [0.4, 0.5) is 0 Å². The molecule has 0 aromatic carbocycles. The molecule has 28 heavy (non-hydrogen) atoms. The van der Waals surface area contributed by atoms with Crippen LogP contribution in [0.15, 0.2) is 9.95 Å². The monoisotopic (exact) mass is 423 g/mol. The number of aryl methyl sites for hydroxylation is 2. The first-order chi connectivity index (χ1) is 13.4. The van der Waals surface area contributed by atoms with Crippen LogP contribution in [0.1, 0.15) is 44.1 Å². The van der Waals surface area contributed by atoms with E-state index in [0.717, 1.165) is 29.5 Å². The minimum absolute atomic E-state index is 0.0000865. The molecule has 154 valence electrons. The summed E-state index contributed by atoms with van der Waals surface area (Å²) in [6.45, 7) is 7.03. The predicted octanol–water partition coefficient (Wildman–Crippen LogP) is 3.24. The Morgan fingerprint density at radius 3 is 2.79 bits per heavy atom. The van der Waals surface area contributed by atoms with Crippen LogP contribution < -0.4 is 10.9 Å². The molecule has 2 aromatic rings. The van der Waals surface area contributed by atoms with Gasteiger partial charge >= 0.3 is 0 Å². The van der Waals surface area contributed by atoms with Gasteiger partial charge in [0, 0.05) is 18.0 Å². The van der Waals surface area contributed by atoms with E-state index in [4.69, 9.17) is 9.72 Å². The first kappa shape index (κ1) is 21.3. The van der Waals surface area contributed by atoms with E-state index in [1.807, 2.05) is 6.92 Å². The minimum Gasteiger partial charge on any atom is -0.383 e. The van der Waals surface area contributed by atoms with Gasteiger partial charge in [-0.2, -0.15) is 0 Å². The van der Waals surface area contributed by atoms with E-state index in [2.05, 4.69) is 19.2 Å². The molecule has 3 rings (SSSR count). The topological polar surface area (TPSA) is 73.2 Å². The summed E-state index contributed by atoms with van der Waals surface area (Å²) in [7, 11) is 1.62.